The smallest absolute Gasteiger partial charge is 0.256 e. The van der Waals surface area contributed by atoms with E-state index in [4.69, 9.17) is 11.6 Å². The number of anilines is 1. The molecule has 0 saturated heterocycles. The minimum Gasteiger partial charge on any atom is -0.312 e. The molecule has 0 radical (unpaired) electrons. The summed E-state index contributed by atoms with van der Waals surface area (Å²) in [4.78, 5) is 13.6. The first-order valence-corrected chi connectivity index (χ1v) is 8.39. The number of aryl methyl sites for hydroxylation is 1. The average molecular weight is 331 g/mol. The first-order chi connectivity index (χ1) is 10.6. The maximum absolute atomic E-state index is 12.3. The van der Waals surface area contributed by atoms with Gasteiger partial charge in [-0.3, -0.25) is 4.79 Å². The zero-order valence-corrected chi connectivity index (χ0v) is 13.7. The molecule has 0 fully saturated rings. The van der Waals surface area contributed by atoms with Gasteiger partial charge in [-0.05, 0) is 55.0 Å². The maximum atomic E-state index is 12.3. The Morgan fingerprint density at radius 1 is 1.41 bits per heavy atom. The van der Waals surface area contributed by atoms with Crippen molar-refractivity contribution in [2.45, 2.75) is 26.2 Å². The second-order valence-corrected chi connectivity index (χ2v) is 7.17. The summed E-state index contributed by atoms with van der Waals surface area (Å²) in [7, 11) is 0. The molecule has 1 amide bonds. The lowest BCUT2D eigenvalue weighted by atomic mass is 9.88. The number of thiophene rings is 1. The number of carbonyl (C=O) groups excluding carboxylic acids is 1. The summed E-state index contributed by atoms with van der Waals surface area (Å²) in [5.41, 5.74) is 2.29. The summed E-state index contributed by atoms with van der Waals surface area (Å²) in [5.74, 6) is 0.383. The normalized spacial score (nSPS) is 16.7. The van der Waals surface area contributed by atoms with Crippen molar-refractivity contribution in [3.8, 4) is 6.07 Å². The number of carbonyl (C=O) groups is 1. The van der Waals surface area contributed by atoms with Gasteiger partial charge in [-0.1, -0.05) is 18.5 Å². The summed E-state index contributed by atoms with van der Waals surface area (Å²) in [5, 5.41) is 13.6. The molecule has 0 bridgehead atoms. The molecule has 1 aliphatic rings. The fourth-order valence-electron chi connectivity index (χ4n) is 2.74. The predicted molar refractivity (Wildman–Crippen MR) is 89.6 cm³/mol. The fourth-order valence-corrected chi connectivity index (χ4v) is 4.06. The Labute approximate surface area is 138 Å². The van der Waals surface area contributed by atoms with Crippen LogP contribution in [0, 0.1) is 17.2 Å². The number of fused-ring (bicyclic) bond motifs is 1. The van der Waals surface area contributed by atoms with E-state index in [-0.39, 0.29) is 5.91 Å². The number of nitriles is 1. The van der Waals surface area contributed by atoms with Gasteiger partial charge in [-0.15, -0.1) is 11.3 Å². The van der Waals surface area contributed by atoms with E-state index >= 15 is 0 Å². The van der Waals surface area contributed by atoms with Crippen LogP contribution >= 0.6 is 22.9 Å². The molecule has 1 aromatic carbocycles. The summed E-state index contributed by atoms with van der Waals surface area (Å²) < 4.78 is 0. The van der Waals surface area contributed by atoms with Crippen LogP contribution in [-0.4, -0.2) is 5.91 Å². The summed E-state index contributed by atoms with van der Waals surface area (Å²) in [6.45, 7) is 2.20. The van der Waals surface area contributed by atoms with Crippen molar-refractivity contribution in [2.24, 2.45) is 5.92 Å². The van der Waals surface area contributed by atoms with Gasteiger partial charge in [-0.2, -0.15) is 5.26 Å². The molecule has 3 rings (SSSR count). The zero-order valence-electron chi connectivity index (χ0n) is 12.1. The lowest BCUT2D eigenvalue weighted by Crippen LogP contribution is -2.12. The SMILES string of the molecule is C[C@@H]1CCc2sc(NC(=O)c3ccc(Cl)cc3)c(C#N)c2C1. The molecule has 0 unspecified atom stereocenters. The van der Waals surface area contributed by atoms with E-state index in [1.54, 1.807) is 24.3 Å². The third-order valence-corrected chi connectivity index (χ3v) is 5.41. The topological polar surface area (TPSA) is 52.9 Å². The highest BCUT2D eigenvalue weighted by atomic mass is 35.5. The van der Waals surface area contributed by atoms with Crippen molar-refractivity contribution in [2.75, 3.05) is 5.32 Å². The monoisotopic (exact) mass is 330 g/mol. The van der Waals surface area contributed by atoms with Crippen LogP contribution in [-0.2, 0) is 12.8 Å². The number of amides is 1. The Balaban J connectivity index is 1.88. The number of nitrogens with one attached hydrogen (secondary N) is 1. The molecule has 1 atom stereocenters. The lowest BCUT2D eigenvalue weighted by molar-refractivity contribution is 0.102. The van der Waals surface area contributed by atoms with Crippen molar-refractivity contribution in [3.05, 3.63) is 50.9 Å². The van der Waals surface area contributed by atoms with Crippen LogP contribution in [0.4, 0.5) is 5.00 Å². The van der Waals surface area contributed by atoms with Gasteiger partial charge in [0.2, 0.25) is 0 Å². The van der Waals surface area contributed by atoms with E-state index in [0.29, 0.717) is 27.1 Å². The first-order valence-electron chi connectivity index (χ1n) is 7.20. The van der Waals surface area contributed by atoms with Gasteiger partial charge < -0.3 is 5.32 Å². The molecule has 0 saturated carbocycles. The second-order valence-electron chi connectivity index (χ2n) is 5.63. The molecule has 22 heavy (non-hydrogen) atoms. The Morgan fingerprint density at radius 2 is 2.14 bits per heavy atom. The van der Waals surface area contributed by atoms with E-state index in [2.05, 4.69) is 18.3 Å². The molecule has 1 heterocycles. The lowest BCUT2D eigenvalue weighted by Gasteiger charge is -2.17. The number of hydrogen-bond donors (Lipinski definition) is 1. The quantitative estimate of drug-likeness (QED) is 0.871. The van der Waals surface area contributed by atoms with E-state index in [1.807, 2.05) is 0 Å². The zero-order chi connectivity index (χ0) is 15.7. The minimum absolute atomic E-state index is 0.209. The average Bonchev–Trinajstić information content (AvgIpc) is 2.84. The van der Waals surface area contributed by atoms with Crippen LogP contribution in [0.1, 0.15) is 39.7 Å². The Hall–Kier alpha value is -1.83. The van der Waals surface area contributed by atoms with E-state index in [0.717, 1.165) is 24.8 Å². The van der Waals surface area contributed by atoms with E-state index < -0.39 is 0 Å². The largest absolute Gasteiger partial charge is 0.312 e. The number of halogens is 1. The van der Waals surface area contributed by atoms with Crippen molar-refractivity contribution in [3.63, 3.8) is 0 Å². The highest BCUT2D eigenvalue weighted by Gasteiger charge is 2.24. The molecule has 0 aliphatic heterocycles. The summed E-state index contributed by atoms with van der Waals surface area (Å²) in [6.07, 6.45) is 3.06. The van der Waals surface area contributed by atoms with Gasteiger partial charge in [0, 0.05) is 15.5 Å². The van der Waals surface area contributed by atoms with Gasteiger partial charge in [0.15, 0.2) is 0 Å². The number of benzene rings is 1. The van der Waals surface area contributed by atoms with Crippen LogP contribution in [0.15, 0.2) is 24.3 Å². The minimum atomic E-state index is -0.209. The summed E-state index contributed by atoms with van der Waals surface area (Å²) in [6, 6.07) is 8.99. The van der Waals surface area contributed by atoms with Crippen LogP contribution in [0.2, 0.25) is 5.02 Å². The van der Waals surface area contributed by atoms with Gasteiger partial charge in [0.05, 0.1) is 5.56 Å². The van der Waals surface area contributed by atoms with E-state index in [1.165, 1.54) is 16.2 Å². The number of hydrogen-bond acceptors (Lipinski definition) is 3. The van der Waals surface area contributed by atoms with Crippen molar-refractivity contribution < 1.29 is 4.79 Å². The molecule has 112 valence electrons. The van der Waals surface area contributed by atoms with Crippen LogP contribution in [0.5, 0.6) is 0 Å². The highest BCUT2D eigenvalue weighted by Crippen LogP contribution is 2.39. The standard InChI is InChI=1S/C17H15ClN2OS/c1-10-2-7-15-13(8-10)14(9-19)17(22-15)20-16(21)11-3-5-12(18)6-4-11/h3-6,10H,2,7-8H2,1H3,(H,20,21)/t10-/m1/s1. The van der Waals surface area contributed by atoms with Crippen molar-refractivity contribution >= 4 is 33.8 Å². The summed E-state index contributed by atoms with van der Waals surface area (Å²) >= 11 is 7.37. The molecular formula is C17H15ClN2OS. The van der Waals surface area contributed by atoms with Gasteiger partial charge in [0.1, 0.15) is 11.1 Å². The number of nitrogens with zero attached hydrogens (tertiary/aromatic N) is 1. The highest BCUT2D eigenvalue weighted by molar-refractivity contribution is 7.16. The molecule has 0 spiro atoms. The van der Waals surface area contributed by atoms with Crippen molar-refractivity contribution in [1.82, 2.24) is 0 Å². The van der Waals surface area contributed by atoms with Gasteiger partial charge >= 0.3 is 0 Å². The first kappa shape index (κ1) is 15.1. The van der Waals surface area contributed by atoms with Crippen LogP contribution in [0.25, 0.3) is 0 Å². The molecule has 1 N–H and O–H groups in total. The Morgan fingerprint density at radius 3 is 2.82 bits per heavy atom. The third kappa shape index (κ3) is 2.87. The predicted octanol–water partition coefficient (Wildman–Crippen LogP) is 4.65. The fraction of sp³-hybridized carbons (Fsp3) is 0.294. The molecule has 1 aliphatic carbocycles. The van der Waals surface area contributed by atoms with Crippen LogP contribution in [0.3, 0.4) is 0 Å². The Kier molecular flexibility index (Phi) is 4.19. The molecule has 2 aromatic rings. The molecular weight excluding hydrogens is 316 g/mol. The van der Waals surface area contributed by atoms with Gasteiger partial charge in [0.25, 0.3) is 5.91 Å². The second kappa shape index (κ2) is 6.12. The van der Waals surface area contributed by atoms with Crippen molar-refractivity contribution in [1.29, 1.82) is 5.26 Å². The molecule has 5 heteroatoms. The maximum Gasteiger partial charge on any atom is 0.256 e. The van der Waals surface area contributed by atoms with E-state index in [9.17, 15) is 10.1 Å². The molecule has 1 aromatic heterocycles. The molecule has 3 nitrogen and oxygen atoms in total. The third-order valence-electron chi connectivity index (χ3n) is 3.95. The number of rotatable bonds is 2. The van der Waals surface area contributed by atoms with Gasteiger partial charge in [-0.25, -0.2) is 0 Å². The van der Waals surface area contributed by atoms with Crippen LogP contribution < -0.4 is 5.32 Å². The Bertz CT molecular complexity index is 758.